The number of rotatable bonds is 7. The van der Waals surface area contributed by atoms with Gasteiger partial charge < -0.3 is 19.5 Å². The fourth-order valence-electron chi connectivity index (χ4n) is 4.11. The molecule has 0 aliphatic rings. The molecular weight excluding hydrogens is 498 g/mol. The molecule has 0 spiro atoms. The highest BCUT2D eigenvalue weighted by atomic mass is 16.5. The predicted molar refractivity (Wildman–Crippen MR) is 147 cm³/mol. The van der Waals surface area contributed by atoms with Crippen LogP contribution in [-0.2, 0) is 0 Å². The molecule has 0 aliphatic heterocycles. The van der Waals surface area contributed by atoms with Gasteiger partial charge in [-0.2, -0.15) is 9.78 Å². The maximum atomic E-state index is 13.1. The highest BCUT2D eigenvalue weighted by Crippen LogP contribution is 2.35. The van der Waals surface area contributed by atoms with Gasteiger partial charge in [0.2, 0.25) is 0 Å². The third-order valence-electron chi connectivity index (χ3n) is 6.10. The second-order valence-electron chi connectivity index (χ2n) is 8.70. The van der Waals surface area contributed by atoms with Gasteiger partial charge in [0.05, 0.1) is 25.4 Å². The van der Waals surface area contributed by atoms with E-state index >= 15 is 0 Å². The SMILES string of the molecule is COc1cc2ncnc(Nc3ccc(OC(=O)c4nn(-c5ccccc5)c(=O)cc4C)c(C)c3)c2cc1OC. The van der Waals surface area contributed by atoms with Gasteiger partial charge in [0.1, 0.15) is 17.9 Å². The van der Waals surface area contributed by atoms with Gasteiger partial charge in [-0.05, 0) is 61.4 Å². The summed E-state index contributed by atoms with van der Waals surface area (Å²) in [7, 11) is 3.13. The fraction of sp³-hybridized carbons (Fsp3) is 0.138. The Bertz CT molecular complexity index is 1750. The molecule has 10 heteroatoms. The van der Waals surface area contributed by atoms with Crippen molar-refractivity contribution in [2.24, 2.45) is 0 Å². The van der Waals surface area contributed by atoms with E-state index in [1.807, 2.05) is 25.1 Å². The minimum absolute atomic E-state index is 0.0527. The van der Waals surface area contributed by atoms with E-state index < -0.39 is 5.97 Å². The Hall–Kier alpha value is -5.25. The smallest absolute Gasteiger partial charge is 0.364 e. The first-order valence-corrected chi connectivity index (χ1v) is 12.0. The van der Waals surface area contributed by atoms with E-state index in [4.69, 9.17) is 14.2 Å². The maximum Gasteiger partial charge on any atom is 0.364 e. The van der Waals surface area contributed by atoms with Crippen molar-refractivity contribution >= 4 is 28.4 Å². The van der Waals surface area contributed by atoms with Crippen molar-refractivity contribution in [1.82, 2.24) is 19.7 Å². The molecule has 10 nitrogen and oxygen atoms in total. The fourth-order valence-corrected chi connectivity index (χ4v) is 4.11. The Kier molecular flexibility index (Phi) is 6.92. The van der Waals surface area contributed by atoms with Crippen LogP contribution in [0.15, 0.2) is 77.9 Å². The highest BCUT2D eigenvalue weighted by molar-refractivity contribution is 5.93. The van der Waals surface area contributed by atoms with E-state index in [9.17, 15) is 9.59 Å². The van der Waals surface area contributed by atoms with Gasteiger partial charge in [-0.1, -0.05) is 18.2 Å². The lowest BCUT2D eigenvalue weighted by molar-refractivity contribution is 0.0724. The van der Waals surface area contributed by atoms with Gasteiger partial charge in [0, 0.05) is 23.2 Å². The van der Waals surface area contributed by atoms with Crippen LogP contribution in [0.1, 0.15) is 21.6 Å². The molecule has 3 aromatic carbocycles. The van der Waals surface area contributed by atoms with E-state index in [2.05, 4.69) is 20.4 Å². The number of aryl methyl sites for hydroxylation is 2. The third kappa shape index (κ3) is 5.12. The Morgan fingerprint density at radius 3 is 2.31 bits per heavy atom. The monoisotopic (exact) mass is 523 g/mol. The Balaban J connectivity index is 1.40. The second-order valence-corrected chi connectivity index (χ2v) is 8.70. The summed E-state index contributed by atoms with van der Waals surface area (Å²) in [6.45, 7) is 3.47. The standard InChI is InChI=1S/C29H25N5O5/c1-17-12-19(32-28-21-14-24(37-3)25(38-4)15-22(21)30-16-31-28)10-11-23(17)39-29(36)27-18(2)13-26(35)34(33-27)20-8-6-5-7-9-20/h5-16H,1-4H3,(H,30,31,32). The van der Waals surface area contributed by atoms with Crippen LogP contribution in [0.2, 0.25) is 0 Å². The molecule has 0 unspecified atom stereocenters. The molecule has 0 saturated heterocycles. The average molecular weight is 524 g/mol. The largest absolute Gasteiger partial charge is 0.493 e. The summed E-state index contributed by atoms with van der Waals surface area (Å²) in [6.07, 6.45) is 1.46. The first-order chi connectivity index (χ1) is 18.9. The minimum atomic E-state index is -0.663. The van der Waals surface area contributed by atoms with Crippen LogP contribution in [0.25, 0.3) is 16.6 Å². The number of ether oxygens (including phenoxy) is 3. The zero-order valence-corrected chi connectivity index (χ0v) is 21.8. The van der Waals surface area contributed by atoms with Crippen molar-refractivity contribution in [1.29, 1.82) is 0 Å². The number of carbonyl (C=O) groups is 1. The van der Waals surface area contributed by atoms with Gasteiger partial charge in [0.15, 0.2) is 17.2 Å². The molecule has 196 valence electrons. The molecular formula is C29H25N5O5. The topological polar surface area (TPSA) is 117 Å². The molecule has 0 radical (unpaired) electrons. The number of esters is 1. The van der Waals surface area contributed by atoms with Gasteiger partial charge in [0.25, 0.3) is 5.56 Å². The molecule has 2 heterocycles. The molecule has 0 amide bonds. The number of nitrogens with one attached hydrogen (secondary N) is 1. The number of methoxy groups -OCH3 is 2. The molecule has 0 aliphatic carbocycles. The molecule has 5 aromatic rings. The molecule has 1 N–H and O–H groups in total. The molecule has 2 aromatic heterocycles. The van der Waals surface area contributed by atoms with E-state index in [1.54, 1.807) is 63.6 Å². The van der Waals surface area contributed by atoms with Crippen molar-refractivity contribution in [2.45, 2.75) is 13.8 Å². The van der Waals surface area contributed by atoms with Gasteiger partial charge in [-0.25, -0.2) is 14.8 Å². The van der Waals surface area contributed by atoms with Crippen LogP contribution in [0.3, 0.4) is 0 Å². The van der Waals surface area contributed by atoms with Crippen molar-refractivity contribution in [2.75, 3.05) is 19.5 Å². The van der Waals surface area contributed by atoms with Gasteiger partial charge >= 0.3 is 5.97 Å². The number of nitrogens with zero attached hydrogens (tertiary/aromatic N) is 4. The first-order valence-electron chi connectivity index (χ1n) is 12.0. The number of hydrogen-bond donors (Lipinski definition) is 1. The lowest BCUT2D eigenvalue weighted by atomic mass is 10.1. The maximum absolute atomic E-state index is 13.1. The Labute approximate surface area is 223 Å². The first kappa shape index (κ1) is 25.4. The average Bonchev–Trinajstić information content (AvgIpc) is 2.94. The predicted octanol–water partition coefficient (Wildman–Crippen LogP) is 4.77. The van der Waals surface area contributed by atoms with E-state index in [-0.39, 0.29) is 11.3 Å². The summed E-state index contributed by atoms with van der Waals surface area (Å²) < 4.78 is 17.6. The number of anilines is 2. The van der Waals surface area contributed by atoms with Crippen LogP contribution in [-0.4, -0.2) is 39.9 Å². The number of carbonyl (C=O) groups excluding carboxylic acids is 1. The summed E-state index contributed by atoms with van der Waals surface area (Å²) >= 11 is 0. The molecule has 39 heavy (non-hydrogen) atoms. The molecule has 0 atom stereocenters. The van der Waals surface area contributed by atoms with E-state index in [0.717, 1.165) is 11.1 Å². The summed E-state index contributed by atoms with van der Waals surface area (Å²) in [5.41, 5.74) is 2.82. The van der Waals surface area contributed by atoms with Crippen LogP contribution < -0.4 is 25.1 Å². The lowest BCUT2D eigenvalue weighted by Crippen LogP contribution is -2.26. The summed E-state index contributed by atoms with van der Waals surface area (Å²) in [6, 6.07) is 19.1. The van der Waals surface area contributed by atoms with E-state index in [0.29, 0.717) is 45.4 Å². The van der Waals surface area contributed by atoms with Crippen LogP contribution in [0.5, 0.6) is 17.2 Å². The zero-order valence-electron chi connectivity index (χ0n) is 21.8. The number of hydrogen-bond acceptors (Lipinski definition) is 9. The van der Waals surface area contributed by atoms with Crippen molar-refractivity contribution < 1.29 is 19.0 Å². The molecule has 0 saturated carbocycles. The lowest BCUT2D eigenvalue weighted by Gasteiger charge is -2.14. The van der Waals surface area contributed by atoms with Gasteiger partial charge in [-0.3, -0.25) is 4.79 Å². The number of fused-ring (bicyclic) bond motifs is 1. The van der Waals surface area contributed by atoms with Crippen molar-refractivity contribution in [3.63, 3.8) is 0 Å². The normalized spacial score (nSPS) is 10.8. The van der Waals surface area contributed by atoms with Crippen LogP contribution in [0.4, 0.5) is 11.5 Å². The second kappa shape index (κ2) is 10.6. The summed E-state index contributed by atoms with van der Waals surface area (Å²) in [5, 5.41) is 8.32. The van der Waals surface area contributed by atoms with Gasteiger partial charge in [-0.15, -0.1) is 0 Å². The van der Waals surface area contributed by atoms with Crippen molar-refractivity contribution in [3.05, 3.63) is 100 Å². The molecule has 0 fully saturated rings. The Morgan fingerprint density at radius 1 is 0.846 bits per heavy atom. The zero-order chi connectivity index (χ0) is 27.5. The van der Waals surface area contributed by atoms with Crippen LogP contribution in [0, 0.1) is 13.8 Å². The third-order valence-corrected chi connectivity index (χ3v) is 6.10. The molecule has 5 rings (SSSR count). The van der Waals surface area contributed by atoms with Crippen LogP contribution >= 0.6 is 0 Å². The number of aromatic nitrogens is 4. The summed E-state index contributed by atoms with van der Waals surface area (Å²) in [4.78, 5) is 34.3. The summed E-state index contributed by atoms with van der Waals surface area (Å²) in [5.74, 6) is 1.41. The number of para-hydroxylation sites is 1. The minimum Gasteiger partial charge on any atom is -0.493 e. The molecule has 0 bridgehead atoms. The van der Waals surface area contributed by atoms with E-state index in [1.165, 1.54) is 17.1 Å². The highest BCUT2D eigenvalue weighted by Gasteiger charge is 2.18. The number of benzene rings is 3. The quantitative estimate of drug-likeness (QED) is 0.238. The van der Waals surface area contributed by atoms with Crippen molar-refractivity contribution in [3.8, 4) is 22.9 Å². The Morgan fingerprint density at radius 2 is 1.59 bits per heavy atom.